The summed E-state index contributed by atoms with van der Waals surface area (Å²) in [5.74, 6) is 0.840. The second-order valence-corrected chi connectivity index (χ2v) is 4.07. The van der Waals surface area contributed by atoms with Gasteiger partial charge < -0.3 is 10.0 Å². The van der Waals surface area contributed by atoms with Gasteiger partial charge in [0.15, 0.2) is 5.82 Å². The van der Waals surface area contributed by atoms with Gasteiger partial charge in [0, 0.05) is 12.2 Å². The van der Waals surface area contributed by atoms with E-state index in [1.54, 1.807) is 0 Å². The Hall–Kier alpha value is -1.94. The summed E-state index contributed by atoms with van der Waals surface area (Å²) in [6, 6.07) is 12.0. The molecular formula is C13H13N3O. The number of benzene rings is 1. The van der Waals surface area contributed by atoms with Crippen LogP contribution in [-0.2, 0) is 13.0 Å². The van der Waals surface area contributed by atoms with Crippen molar-refractivity contribution in [1.82, 2.24) is 10.2 Å². The van der Waals surface area contributed by atoms with Gasteiger partial charge in [-0.05, 0) is 30.2 Å². The van der Waals surface area contributed by atoms with Crippen molar-refractivity contribution in [3.63, 3.8) is 0 Å². The summed E-state index contributed by atoms with van der Waals surface area (Å²) >= 11 is 0. The van der Waals surface area contributed by atoms with E-state index >= 15 is 0 Å². The Bertz CT molecular complexity index is 524. The van der Waals surface area contributed by atoms with E-state index in [0.29, 0.717) is 5.69 Å². The molecule has 4 heteroatoms. The predicted molar refractivity (Wildman–Crippen MR) is 65.1 cm³/mol. The molecule has 0 amide bonds. The van der Waals surface area contributed by atoms with Gasteiger partial charge in [0.2, 0.25) is 0 Å². The lowest BCUT2D eigenvalue weighted by Crippen LogP contribution is -2.15. The molecule has 3 rings (SSSR count). The molecule has 0 spiro atoms. The van der Waals surface area contributed by atoms with Crippen LogP contribution in [0.5, 0.6) is 0 Å². The number of aromatic nitrogens is 2. The number of hydrogen-bond acceptors (Lipinski definition) is 4. The Morgan fingerprint density at radius 2 is 2.00 bits per heavy atom. The first-order valence-electron chi connectivity index (χ1n) is 5.67. The fourth-order valence-electron chi connectivity index (χ4n) is 2.16. The van der Waals surface area contributed by atoms with Gasteiger partial charge in [0.05, 0.1) is 12.3 Å². The van der Waals surface area contributed by atoms with Crippen LogP contribution in [0, 0.1) is 0 Å². The zero-order valence-electron chi connectivity index (χ0n) is 9.37. The van der Waals surface area contributed by atoms with E-state index in [0.717, 1.165) is 18.8 Å². The van der Waals surface area contributed by atoms with Crippen molar-refractivity contribution in [2.75, 3.05) is 11.4 Å². The van der Waals surface area contributed by atoms with Gasteiger partial charge in [-0.15, -0.1) is 5.10 Å². The standard InChI is InChI=1S/C13H13N3O/c17-9-11-5-6-13(15-14-11)16-8-7-10-3-1-2-4-12(10)16/h1-6,17H,7-9H2. The van der Waals surface area contributed by atoms with Crippen molar-refractivity contribution in [2.45, 2.75) is 13.0 Å². The summed E-state index contributed by atoms with van der Waals surface area (Å²) in [5, 5.41) is 17.1. The van der Waals surface area contributed by atoms with Crippen molar-refractivity contribution >= 4 is 11.5 Å². The average Bonchev–Trinajstić information content (AvgIpc) is 2.83. The number of hydrogen-bond donors (Lipinski definition) is 1. The fourth-order valence-corrected chi connectivity index (χ4v) is 2.16. The van der Waals surface area contributed by atoms with Crippen LogP contribution in [0.15, 0.2) is 36.4 Å². The Morgan fingerprint density at radius 1 is 1.12 bits per heavy atom. The van der Waals surface area contributed by atoms with Crippen LogP contribution in [0.4, 0.5) is 11.5 Å². The predicted octanol–water partition coefficient (Wildman–Crippen LogP) is 1.66. The molecular weight excluding hydrogens is 214 g/mol. The SMILES string of the molecule is OCc1ccc(N2CCc3ccccc32)nn1. The summed E-state index contributed by atoms with van der Waals surface area (Å²) in [4.78, 5) is 2.16. The molecule has 2 aromatic rings. The van der Waals surface area contributed by atoms with Gasteiger partial charge >= 0.3 is 0 Å². The summed E-state index contributed by atoms with van der Waals surface area (Å²) in [5.41, 5.74) is 3.15. The molecule has 86 valence electrons. The number of anilines is 2. The van der Waals surface area contributed by atoms with Gasteiger partial charge in [0.25, 0.3) is 0 Å². The van der Waals surface area contributed by atoms with E-state index < -0.39 is 0 Å². The highest BCUT2D eigenvalue weighted by Crippen LogP contribution is 2.32. The number of nitrogens with zero attached hydrogens (tertiary/aromatic N) is 3. The highest BCUT2D eigenvalue weighted by molar-refractivity contribution is 5.67. The third-order valence-electron chi connectivity index (χ3n) is 3.03. The lowest BCUT2D eigenvalue weighted by Gasteiger charge is -2.17. The van der Waals surface area contributed by atoms with Crippen LogP contribution < -0.4 is 4.90 Å². The summed E-state index contributed by atoms with van der Waals surface area (Å²) in [7, 11) is 0. The van der Waals surface area contributed by atoms with E-state index in [2.05, 4.69) is 33.3 Å². The molecule has 1 aliphatic heterocycles. The van der Waals surface area contributed by atoms with Crippen molar-refractivity contribution in [2.24, 2.45) is 0 Å². The molecule has 1 aliphatic rings. The molecule has 1 aromatic carbocycles. The minimum Gasteiger partial charge on any atom is -0.390 e. The fraction of sp³-hybridized carbons (Fsp3) is 0.231. The van der Waals surface area contributed by atoms with Crippen LogP contribution in [0.3, 0.4) is 0 Å². The van der Waals surface area contributed by atoms with Crippen molar-refractivity contribution in [1.29, 1.82) is 0 Å². The number of para-hydroxylation sites is 1. The Kier molecular flexibility index (Phi) is 2.49. The smallest absolute Gasteiger partial charge is 0.155 e. The van der Waals surface area contributed by atoms with Crippen LogP contribution >= 0.6 is 0 Å². The number of aliphatic hydroxyl groups excluding tert-OH is 1. The van der Waals surface area contributed by atoms with E-state index in [9.17, 15) is 0 Å². The number of fused-ring (bicyclic) bond motifs is 1. The maximum atomic E-state index is 8.94. The second-order valence-electron chi connectivity index (χ2n) is 4.07. The molecule has 1 aromatic heterocycles. The zero-order valence-corrected chi connectivity index (χ0v) is 9.37. The van der Waals surface area contributed by atoms with Gasteiger partial charge in [-0.1, -0.05) is 18.2 Å². The summed E-state index contributed by atoms with van der Waals surface area (Å²) in [6.07, 6.45) is 1.04. The van der Waals surface area contributed by atoms with Crippen LogP contribution in [0.25, 0.3) is 0 Å². The Labute approximate surface area is 99.5 Å². The Morgan fingerprint density at radius 3 is 2.76 bits per heavy atom. The molecule has 1 N–H and O–H groups in total. The quantitative estimate of drug-likeness (QED) is 0.847. The average molecular weight is 227 g/mol. The third kappa shape index (κ3) is 1.76. The molecule has 17 heavy (non-hydrogen) atoms. The molecule has 2 heterocycles. The van der Waals surface area contributed by atoms with Gasteiger partial charge in [-0.3, -0.25) is 0 Å². The van der Waals surface area contributed by atoms with E-state index in [1.165, 1.54) is 11.3 Å². The minimum atomic E-state index is -0.0656. The zero-order chi connectivity index (χ0) is 11.7. The van der Waals surface area contributed by atoms with Crippen molar-refractivity contribution in [3.05, 3.63) is 47.7 Å². The van der Waals surface area contributed by atoms with Crippen LogP contribution in [0.2, 0.25) is 0 Å². The van der Waals surface area contributed by atoms with E-state index in [1.807, 2.05) is 18.2 Å². The van der Waals surface area contributed by atoms with E-state index in [-0.39, 0.29) is 6.61 Å². The molecule has 0 fully saturated rings. The maximum absolute atomic E-state index is 8.94. The van der Waals surface area contributed by atoms with Gasteiger partial charge in [-0.2, -0.15) is 5.10 Å². The molecule has 0 radical (unpaired) electrons. The molecule has 4 nitrogen and oxygen atoms in total. The molecule has 0 unspecified atom stereocenters. The first kappa shape index (κ1) is 10.2. The largest absolute Gasteiger partial charge is 0.390 e. The first-order chi connectivity index (χ1) is 8.38. The molecule has 0 bridgehead atoms. The van der Waals surface area contributed by atoms with Crippen molar-refractivity contribution < 1.29 is 5.11 Å². The lowest BCUT2D eigenvalue weighted by atomic mass is 10.2. The summed E-state index contributed by atoms with van der Waals surface area (Å²) in [6.45, 7) is 0.871. The first-order valence-corrected chi connectivity index (χ1v) is 5.67. The topological polar surface area (TPSA) is 49.2 Å². The molecule has 0 saturated heterocycles. The lowest BCUT2D eigenvalue weighted by molar-refractivity contribution is 0.275. The highest BCUT2D eigenvalue weighted by Gasteiger charge is 2.20. The number of aliphatic hydroxyl groups is 1. The maximum Gasteiger partial charge on any atom is 0.155 e. The van der Waals surface area contributed by atoms with Crippen LogP contribution in [-0.4, -0.2) is 21.8 Å². The normalized spacial score (nSPS) is 13.8. The van der Waals surface area contributed by atoms with Gasteiger partial charge in [-0.25, -0.2) is 0 Å². The molecule has 0 saturated carbocycles. The minimum absolute atomic E-state index is 0.0656. The molecule has 0 atom stereocenters. The van der Waals surface area contributed by atoms with Gasteiger partial charge in [0.1, 0.15) is 0 Å². The van der Waals surface area contributed by atoms with E-state index in [4.69, 9.17) is 5.11 Å². The van der Waals surface area contributed by atoms with Crippen molar-refractivity contribution in [3.8, 4) is 0 Å². The number of rotatable bonds is 2. The second kappa shape index (κ2) is 4.14. The van der Waals surface area contributed by atoms with Crippen LogP contribution in [0.1, 0.15) is 11.3 Å². The third-order valence-corrected chi connectivity index (χ3v) is 3.03. The highest BCUT2D eigenvalue weighted by atomic mass is 16.3. The molecule has 0 aliphatic carbocycles. The summed E-state index contributed by atoms with van der Waals surface area (Å²) < 4.78 is 0. The monoisotopic (exact) mass is 227 g/mol. The Balaban J connectivity index is 1.95.